The van der Waals surface area contributed by atoms with E-state index in [1.165, 1.54) is 12.1 Å². The fourth-order valence-corrected chi connectivity index (χ4v) is 1.81. The Morgan fingerprint density at radius 1 is 1.53 bits per heavy atom. The van der Waals surface area contributed by atoms with Gasteiger partial charge in [-0.05, 0) is 30.5 Å². The second-order valence-corrected chi connectivity index (χ2v) is 3.99. The van der Waals surface area contributed by atoms with Crippen LogP contribution in [0.25, 0.3) is 0 Å². The number of hydrogen-bond donors (Lipinski definition) is 2. The lowest BCUT2D eigenvalue weighted by Gasteiger charge is -2.19. The van der Waals surface area contributed by atoms with Crippen LogP contribution >= 0.6 is 0 Å². The van der Waals surface area contributed by atoms with Crippen molar-refractivity contribution in [3.63, 3.8) is 0 Å². The molecule has 3 nitrogen and oxygen atoms in total. The third-order valence-electron chi connectivity index (χ3n) is 3.02. The molecule has 1 aromatic rings. The highest BCUT2D eigenvalue weighted by Crippen LogP contribution is 2.54. The van der Waals surface area contributed by atoms with Gasteiger partial charge in [0.1, 0.15) is 5.82 Å². The van der Waals surface area contributed by atoms with Crippen LogP contribution in [0.2, 0.25) is 0 Å². The highest BCUT2D eigenvalue weighted by Gasteiger charge is 2.55. The third kappa shape index (κ3) is 1.61. The summed E-state index contributed by atoms with van der Waals surface area (Å²) in [6.07, 6.45) is 1.14. The van der Waals surface area contributed by atoms with E-state index in [0.29, 0.717) is 18.4 Å². The van der Waals surface area contributed by atoms with Crippen molar-refractivity contribution in [2.24, 2.45) is 11.1 Å². The molecule has 0 aliphatic heterocycles. The van der Waals surface area contributed by atoms with Crippen LogP contribution in [-0.2, 0) is 4.79 Å². The molecule has 0 amide bonds. The van der Waals surface area contributed by atoms with E-state index in [4.69, 9.17) is 10.8 Å². The Morgan fingerprint density at radius 2 is 2.20 bits per heavy atom. The number of carboxylic acids is 1. The Bertz CT molecular complexity index is 401. The summed E-state index contributed by atoms with van der Waals surface area (Å²) in [6, 6.07) is 5.20. The van der Waals surface area contributed by atoms with E-state index < -0.39 is 17.4 Å². The summed E-state index contributed by atoms with van der Waals surface area (Å²) in [5.74, 6) is -1.27. The summed E-state index contributed by atoms with van der Waals surface area (Å²) in [5.41, 5.74) is 5.54. The van der Waals surface area contributed by atoms with E-state index in [1.807, 2.05) is 0 Å². The molecule has 0 bridgehead atoms. The molecule has 80 valence electrons. The number of benzene rings is 1. The molecule has 1 aromatic carbocycles. The van der Waals surface area contributed by atoms with E-state index in [1.54, 1.807) is 12.1 Å². The lowest BCUT2D eigenvalue weighted by atomic mass is 9.91. The molecule has 3 N–H and O–H groups in total. The first kappa shape index (κ1) is 10.1. The number of carbonyl (C=O) groups is 1. The van der Waals surface area contributed by atoms with Crippen molar-refractivity contribution in [2.75, 3.05) is 0 Å². The standard InChI is InChI=1S/C11H12FNO2/c12-8-3-1-2-7(6-8)9(13)11(4-5-11)10(14)15/h1-3,6,9H,4-5,13H2,(H,14,15). The van der Waals surface area contributed by atoms with Crippen LogP contribution in [-0.4, -0.2) is 11.1 Å². The topological polar surface area (TPSA) is 63.3 Å². The zero-order chi connectivity index (χ0) is 11.1. The van der Waals surface area contributed by atoms with Crippen LogP contribution in [0.5, 0.6) is 0 Å². The third-order valence-corrected chi connectivity index (χ3v) is 3.02. The van der Waals surface area contributed by atoms with Crippen LogP contribution in [0, 0.1) is 11.2 Å². The summed E-state index contributed by atoms with van der Waals surface area (Å²) in [4.78, 5) is 11.0. The first-order chi connectivity index (χ1) is 7.06. The van der Waals surface area contributed by atoms with Crippen molar-refractivity contribution < 1.29 is 14.3 Å². The molecule has 0 saturated heterocycles. The molecule has 1 aliphatic carbocycles. The van der Waals surface area contributed by atoms with Gasteiger partial charge in [-0.3, -0.25) is 4.79 Å². The molecule has 0 radical (unpaired) electrons. The maximum Gasteiger partial charge on any atom is 0.311 e. The summed E-state index contributed by atoms with van der Waals surface area (Å²) >= 11 is 0. The van der Waals surface area contributed by atoms with Gasteiger partial charge in [0.2, 0.25) is 0 Å². The average Bonchev–Trinajstić information content (AvgIpc) is 2.97. The summed E-state index contributed by atoms with van der Waals surface area (Å²) in [7, 11) is 0. The van der Waals surface area contributed by atoms with E-state index >= 15 is 0 Å². The fraction of sp³-hybridized carbons (Fsp3) is 0.364. The molecule has 0 heterocycles. The Balaban J connectivity index is 2.29. The summed E-state index contributed by atoms with van der Waals surface area (Å²) < 4.78 is 12.9. The van der Waals surface area contributed by atoms with Gasteiger partial charge >= 0.3 is 5.97 Å². The molecule has 1 fully saturated rings. The largest absolute Gasteiger partial charge is 0.481 e. The minimum absolute atomic E-state index is 0.385. The first-order valence-electron chi connectivity index (χ1n) is 4.81. The Morgan fingerprint density at radius 3 is 2.67 bits per heavy atom. The molecule has 2 rings (SSSR count). The summed E-state index contributed by atoms with van der Waals surface area (Å²) in [6.45, 7) is 0. The Kier molecular flexibility index (Phi) is 2.23. The zero-order valence-corrected chi connectivity index (χ0v) is 8.11. The van der Waals surface area contributed by atoms with Gasteiger partial charge < -0.3 is 10.8 Å². The maximum atomic E-state index is 12.9. The smallest absolute Gasteiger partial charge is 0.311 e. The predicted molar refractivity (Wildman–Crippen MR) is 52.6 cm³/mol. The minimum atomic E-state index is -0.890. The second kappa shape index (κ2) is 3.31. The lowest BCUT2D eigenvalue weighted by Crippen LogP contribution is -2.29. The maximum absolute atomic E-state index is 12.9. The van der Waals surface area contributed by atoms with E-state index in [2.05, 4.69) is 0 Å². The van der Waals surface area contributed by atoms with Gasteiger partial charge in [-0.1, -0.05) is 12.1 Å². The predicted octanol–water partition coefficient (Wildman–Crippen LogP) is 1.69. The van der Waals surface area contributed by atoms with Gasteiger partial charge in [0.25, 0.3) is 0 Å². The van der Waals surface area contributed by atoms with Gasteiger partial charge in [-0.15, -0.1) is 0 Å². The number of carboxylic acid groups (broad SMARTS) is 1. The van der Waals surface area contributed by atoms with Crippen molar-refractivity contribution in [3.8, 4) is 0 Å². The fourth-order valence-electron chi connectivity index (χ4n) is 1.81. The first-order valence-corrected chi connectivity index (χ1v) is 4.81. The van der Waals surface area contributed by atoms with Crippen LogP contribution in [0.1, 0.15) is 24.4 Å². The van der Waals surface area contributed by atoms with Gasteiger partial charge in [0.05, 0.1) is 5.41 Å². The molecule has 4 heteroatoms. The Labute approximate surface area is 86.7 Å². The minimum Gasteiger partial charge on any atom is -0.481 e. The van der Waals surface area contributed by atoms with Gasteiger partial charge in [0, 0.05) is 6.04 Å². The molecule has 1 unspecified atom stereocenters. The molecule has 15 heavy (non-hydrogen) atoms. The lowest BCUT2D eigenvalue weighted by molar-refractivity contribution is -0.144. The van der Waals surface area contributed by atoms with Crippen molar-refractivity contribution >= 4 is 5.97 Å². The SMILES string of the molecule is NC(c1cccc(F)c1)C1(C(=O)O)CC1. The van der Waals surface area contributed by atoms with E-state index in [-0.39, 0.29) is 5.82 Å². The molecular weight excluding hydrogens is 197 g/mol. The van der Waals surface area contributed by atoms with E-state index in [9.17, 15) is 9.18 Å². The van der Waals surface area contributed by atoms with Crippen molar-refractivity contribution in [1.29, 1.82) is 0 Å². The normalized spacial score (nSPS) is 19.6. The van der Waals surface area contributed by atoms with Crippen molar-refractivity contribution in [1.82, 2.24) is 0 Å². The van der Waals surface area contributed by atoms with Crippen LogP contribution in [0.3, 0.4) is 0 Å². The molecule has 1 saturated carbocycles. The van der Waals surface area contributed by atoms with Crippen LogP contribution < -0.4 is 5.73 Å². The van der Waals surface area contributed by atoms with Crippen LogP contribution in [0.4, 0.5) is 4.39 Å². The highest BCUT2D eigenvalue weighted by atomic mass is 19.1. The van der Waals surface area contributed by atoms with Gasteiger partial charge in [0.15, 0.2) is 0 Å². The van der Waals surface area contributed by atoms with Crippen molar-refractivity contribution in [3.05, 3.63) is 35.6 Å². The molecule has 0 spiro atoms. The Hall–Kier alpha value is -1.42. The van der Waals surface area contributed by atoms with Crippen LogP contribution in [0.15, 0.2) is 24.3 Å². The molecular formula is C11H12FNO2. The highest BCUT2D eigenvalue weighted by molar-refractivity contribution is 5.79. The number of rotatable bonds is 3. The number of nitrogens with two attached hydrogens (primary N) is 1. The molecule has 1 atom stereocenters. The number of halogens is 1. The van der Waals surface area contributed by atoms with Crippen molar-refractivity contribution in [2.45, 2.75) is 18.9 Å². The number of aliphatic carboxylic acids is 1. The monoisotopic (exact) mass is 209 g/mol. The summed E-state index contributed by atoms with van der Waals surface area (Å²) in [5, 5.41) is 9.03. The number of hydrogen-bond acceptors (Lipinski definition) is 2. The molecule has 1 aliphatic rings. The van der Waals surface area contributed by atoms with Gasteiger partial charge in [-0.25, -0.2) is 4.39 Å². The average molecular weight is 209 g/mol. The van der Waals surface area contributed by atoms with Gasteiger partial charge in [-0.2, -0.15) is 0 Å². The zero-order valence-electron chi connectivity index (χ0n) is 8.11. The second-order valence-electron chi connectivity index (χ2n) is 3.99. The van der Waals surface area contributed by atoms with E-state index in [0.717, 1.165) is 0 Å². The quantitative estimate of drug-likeness (QED) is 0.796. The molecule has 0 aromatic heterocycles.